The number of H-pyrrole nitrogens is 1. The first-order valence-electron chi connectivity index (χ1n) is 6.63. The van der Waals surface area contributed by atoms with Crippen LogP contribution in [0, 0.1) is 6.92 Å². The number of nitrogens with zero attached hydrogens (tertiary/aromatic N) is 3. The molecule has 5 heteroatoms. The Kier molecular flexibility index (Phi) is 2.79. The van der Waals surface area contributed by atoms with E-state index in [0.29, 0.717) is 0 Å². The Morgan fingerprint density at radius 1 is 1.05 bits per heavy atom. The Morgan fingerprint density at radius 2 is 2.00 bits per heavy atom. The zero-order valence-electron chi connectivity index (χ0n) is 11.4. The lowest BCUT2D eigenvalue weighted by Gasteiger charge is -1.92. The van der Waals surface area contributed by atoms with Gasteiger partial charge in [-0.2, -0.15) is 0 Å². The summed E-state index contributed by atoms with van der Waals surface area (Å²) < 4.78 is 0. The van der Waals surface area contributed by atoms with Gasteiger partial charge in [0.05, 0.1) is 16.7 Å². The minimum absolute atomic E-state index is 0.800. The van der Waals surface area contributed by atoms with Crippen LogP contribution >= 0.6 is 11.3 Å². The fourth-order valence-corrected chi connectivity index (χ4v) is 3.01. The first-order chi connectivity index (χ1) is 10.3. The molecule has 3 heterocycles. The van der Waals surface area contributed by atoms with Gasteiger partial charge in [0.1, 0.15) is 10.7 Å². The molecule has 1 N–H and O–H groups in total. The summed E-state index contributed by atoms with van der Waals surface area (Å²) in [6, 6.07) is 12.0. The maximum Gasteiger partial charge on any atom is 0.158 e. The van der Waals surface area contributed by atoms with E-state index in [4.69, 9.17) is 0 Å². The molecule has 4 nitrogen and oxygen atoms in total. The van der Waals surface area contributed by atoms with Gasteiger partial charge in [-0.15, -0.1) is 11.3 Å². The molecule has 1 aromatic carbocycles. The van der Waals surface area contributed by atoms with Crippen molar-refractivity contribution in [1.82, 2.24) is 19.9 Å². The van der Waals surface area contributed by atoms with Gasteiger partial charge in [0.2, 0.25) is 0 Å². The van der Waals surface area contributed by atoms with E-state index in [0.717, 1.165) is 33.3 Å². The minimum Gasteiger partial charge on any atom is -0.337 e. The van der Waals surface area contributed by atoms with Gasteiger partial charge in [0, 0.05) is 11.6 Å². The van der Waals surface area contributed by atoms with Gasteiger partial charge in [0.15, 0.2) is 5.82 Å². The molecule has 0 atom stereocenters. The van der Waals surface area contributed by atoms with E-state index in [-0.39, 0.29) is 0 Å². The van der Waals surface area contributed by atoms with E-state index in [9.17, 15) is 0 Å². The monoisotopic (exact) mass is 292 g/mol. The van der Waals surface area contributed by atoms with Crippen LogP contribution in [0.4, 0.5) is 0 Å². The highest BCUT2D eigenvalue weighted by Crippen LogP contribution is 2.27. The van der Waals surface area contributed by atoms with Crippen LogP contribution < -0.4 is 0 Å². The zero-order valence-corrected chi connectivity index (χ0v) is 12.2. The molecule has 21 heavy (non-hydrogen) atoms. The molecule has 4 rings (SSSR count). The van der Waals surface area contributed by atoms with Crippen LogP contribution in [-0.4, -0.2) is 19.9 Å². The number of fused-ring (bicyclic) bond motifs is 1. The van der Waals surface area contributed by atoms with Gasteiger partial charge >= 0.3 is 0 Å². The largest absolute Gasteiger partial charge is 0.337 e. The van der Waals surface area contributed by atoms with Crippen LogP contribution in [0.15, 0.2) is 48.0 Å². The van der Waals surface area contributed by atoms with Crippen molar-refractivity contribution in [3.8, 4) is 22.2 Å². The van der Waals surface area contributed by atoms with E-state index in [1.54, 1.807) is 17.5 Å². The minimum atomic E-state index is 0.800. The molecule has 4 aromatic rings. The molecule has 0 spiro atoms. The quantitative estimate of drug-likeness (QED) is 0.606. The number of thiazole rings is 1. The van der Waals surface area contributed by atoms with Gasteiger partial charge in [0.25, 0.3) is 0 Å². The van der Waals surface area contributed by atoms with Crippen LogP contribution in [0.1, 0.15) is 5.56 Å². The smallest absolute Gasteiger partial charge is 0.158 e. The number of aromatic amines is 1. The van der Waals surface area contributed by atoms with Crippen molar-refractivity contribution in [2.75, 3.05) is 0 Å². The molecule has 3 aromatic heterocycles. The van der Waals surface area contributed by atoms with Crippen molar-refractivity contribution in [3.63, 3.8) is 0 Å². The number of hydrogen-bond donors (Lipinski definition) is 1. The summed E-state index contributed by atoms with van der Waals surface area (Å²) in [7, 11) is 0. The number of imidazole rings is 1. The second-order valence-corrected chi connectivity index (χ2v) is 5.72. The second-order valence-electron chi connectivity index (χ2n) is 4.86. The predicted octanol–water partition coefficient (Wildman–Crippen LogP) is 4.06. The van der Waals surface area contributed by atoms with Gasteiger partial charge in [-0.3, -0.25) is 4.98 Å². The van der Waals surface area contributed by atoms with Gasteiger partial charge in [-0.25, -0.2) is 9.97 Å². The summed E-state index contributed by atoms with van der Waals surface area (Å²) in [5.74, 6) is 0.800. The molecular weight excluding hydrogens is 280 g/mol. The third kappa shape index (κ3) is 2.21. The number of aryl methyl sites for hydroxylation is 1. The molecule has 0 radical (unpaired) electrons. The predicted molar refractivity (Wildman–Crippen MR) is 85.2 cm³/mol. The summed E-state index contributed by atoms with van der Waals surface area (Å²) in [6.07, 6.45) is 1.78. The molecule has 0 aliphatic carbocycles. The Morgan fingerprint density at radius 3 is 2.86 bits per heavy atom. The van der Waals surface area contributed by atoms with E-state index >= 15 is 0 Å². The Labute approximate surface area is 125 Å². The molecule has 0 bridgehead atoms. The van der Waals surface area contributed by atoms with Crippen molar-refractivity contribution in [2.45, 2.75) is 6.92 Å². The maximum absolute atomic E-state index is 4.63. The second kappa shape index (κ2) is 4.79. The number of rotatable bonds is 2. The summed E-state index contributed by atoms with van der Waals surface area (Å²) in [4.78, 5) is 16.9. The maximum atomic E-state index is 4.63. The molecule has 0 fully saturated rings. The molecular formula is C16H12N4S. The van der Waals surface area contributed by atoms with E-state index in [1.165, 1.54) is 5.56 Å². The average molecular weight is 292 g/mol. The van der Waals surface area contributed by atoms with Crippen LogP contribution in [0.5, 0.6) is 0 Å². The first kappa shape index (κ1) is 12.2. The Balaban J connectivity index is 1.77. The summed E-state index contributed by atoms with van der Waals surface area (Å²) in [5, 5.41) is 2.91. The van der Waals surface area contributed by atoms with E-state index in [2.05, 4.69) is 39.0 Å². The normalized spacial score (nSPS) is 11.1. The molecule has 0 saturated carbocycles. The number of hydrogen-bond acceptors (Lipinski definition) is 4. The highest BCUT2D eigenvalue weighted by atomic mass is 32.1. The van der Waals surface area contributed by atoms with E-state index < -0.39 is 0 Å². The standard InChI is InChI=1S/C16H12N4S/c1-10-5-6-11-13(8-10)19-15(18-11)14-9-21-16(20-14)12-4-2-3-7-17-12/h2-9H,1H3,(H,18,19). The Hall–Kier alpha value is -2.53. The molecule has 0 saturated heterocycles. The highest BCUT2D eigenvalue weighted by Gasteiger charge is 2.11. The first-order valence-corrected chi connectivity index (χ1v) is 7.51. The Bertz CT molecular complexity index is 908. The van der Waals surface area contributed by atoms with E-state index in [1.807, 2.05) is 29.6 Å². The van der Waals surface area contributed by atoms with Gasteiger partial charge in [-0.1, -0.05) is 12.1 Å². The number of aromatic nitrogens is 4. The van der Waals surface area contributed by atoms with Crippen molar-refractivity contribution in [3.05, 3.63) is 53.5 Å². The summed E-state index contributed by atoms with van der Waals surface area (Å²) >= 11 is 1.58. The fraction of sp³-hybridized carbons (Fsp3) is 0.0625. The zero-order chi connectivity index (χ0) is 14.2. The topological polar surface area (TPSA) is 54.5 Å². The molecule has 0 aliphatic heterocycles. The lowest BCUT2D eigenvalue weighted by atomic mass is 10.2. The SMILES string of the molecule is Cc1ccc2nc(-c3csc(-c4ccccn4)n3)[nH]c2c1. The summed E-state index contributed by atoms with van der Waals surface area (Å²) in [5.41, 5.74) is 4.96. The molecule has 0 amide bonds. The average Bonchev–Trinajstić information content (AvgIpc) is 3.14. The van der Waals surface area contributed by atoms with Crippen LogP contribution in [0.2, 0.25) is 0 Å². The lowest BCUT2D eigenvalue weighted by molar-refractivity contribution is 1.25. The molecule has 102 valence electrons. The number of pyridine rings is 1. The summed E-state index contributed by atoms with van der Waals surface area (Å²) in [6.45, 7) is 2.07. The van der Waals surface area contributed by atoms with Crippen molar-refractivity contribution in [2.24, 2.45) is 0 Å². The number of nitrogens with one attached hydrogen (secondary N) is 1. The highest BCUT2D eigenvalue weighted by molar-refractivity contribution is 7.13. The third-order valence-corrected chi connectivity index (χ3v) is 4.13. The van der Waals surface area contributed by atoms with Crippen LogP contribution in [-0.2, 0) is 0 Å². The fourth-order valence-electron chi connectivity index (χ4n) is 2.23. The van der Waals surface area contributed by atoms with Gasteiger partial charge in [-0.05, 0) is 36.8 Å². The van der Waals surface area contributed by atoms with Crippen LogP contribution in [0.25, 0.3) is 33.3 Å². The molecule has 0 unspecified atom stereocenters. The van der Waals surface area contributed by atoms with Crippen LogP contribution in [0.3, 0.4) is 0 Å². The lowest BCUT2D eigenvalue weighted by Crippen LogP contribution is -1.83. The third-order valence-electron chi connectivity index (χ3n) is 3.27. The van der Waals surface area contributed by atoms with Crippen molar-refractivity contribution >= 4 is 22.4 Å². The van der Waals surface area contributed by atoms with Gasteiger partial charge < -0.3 is 4.98 Å². The van der Waals surface area contributed by atoms with Crippen molar-refractivity contribution < 1.29 is 0 Å². The van der Waals surface area contributed by atoms with Crippen molar-refractivity contribution in [1.29, 1.82) is 0 Å². The number of benzene rings is 1. The molecule has 0 aliphatic rings.